The average molecular weight is 288 g/mol. The summed E-state index contributed by atoms with van der Waals surface area (Å²) in [4.78, 5) is 0. The van der Waals surface area contributed by atoms with Gasteiger partial charge in [0, 0.05) is 0 Å². The number of nitrogens with zero attached hydrogens (tertiary/aromatic N) is 5. The number of hydrogen-bond donors (Lipinski definition) is 0. The Balaban J connectivity index is -0.000000249. The minimum Gasteiger partial charge on any atom is -0.512 e. The fourth-order valence-electron chi connectivity index (χ4n) is 0.150. The molecule has 0 saturated heterocycles. The van der Waals surface area contributed by atoms with Gasteiger partial charge in [0.15, 0.2) is 0 Å². The van der Waals surface area contributed by atoms with E-state index in [-0.39, 0.29) is 51.4 Å². The van der Waals surface area contributed by atoms with Crippen LogP contribution < -0.4 is 51.4 Å². The molecule has 0 fully saturated rings. The van der Waals surface area contributed by atoms with E-state index in [9.17, 15) is 0 Å². The topological polar surface area (TPSA) is 119 Å². The predicted molar refractivity (Wildman–Crippen MR) is 33.2 cm³/mol. The zero-order valence-corrected chi connectivity index (χ0v) is 12.2. The van der Waals surface area contributed by atoms with Crippen molar-refractivity contribution in [1.29, 1.82) is 26.3 Å². The van der Waals surface area contributed by atoms with E-state index in [1.165, 1.54) is 16.3 Å². The first-order valence-electron chi connectivity index (χ1n) is 2.12. The van der Waals surface area contributed by atoms with Crippen LogP contribution in [-0.2, 0) is 0 Å². The van der Waals surface area contributed by atoms with Crippen LogP contribution in [0.25, 0.3) is 0 Å². The molecular formula is C5KN5Sn. The summed E-state index contributed by atoms with van der Waals surface area (Å²) in [6.45, 7) is 4.75. The first kappa shape index (κ1) is 17.8. The molecule has 7 heteroatoms. The van der Waals surface area contributed by atoms with Gasteiger partial charge in [0.25, 0.3) is 0 Å². The fraction of sp³-hybridized carbons (Fsp3) is 0. The molecule has 12 heavy (non-hydrogen) atoms. The minimum absolute atomic E-state index is 0. The van der Waals surface area contributed by atoms with Crippen molar-refractivity contribution in [2.24, 2.45) is 0 Å². The van der Waals surface area contributed by atoms with Crippen LogP contribution in [-0.4, -0.2) is 18.4 Å². The summed E-state index contributed by atoms with van der Waals surface area (Å²) >= 11 is -4.16. The third-order valence-corrected chi connectivity index (χ3v) is 4.50. The van der Waals surface area contributed by atoms with Crippen molar-refractivity contribution >= 4 is 18.4 Å². The second-order valence-electron chi connectivity index (χ2n) is 1.20. The molecule has 0 saturated carbocycles. The molecule has 0 N–H and O–H groups in total. The molecule has 5 nitrogen and oxygen atoms in total. The van der Waals surface area contributed by atoms with Gasteiger partial charge in [0.1, 0.15) is 0 Å². The maximum absolute atomic E-state index is 8.15. The fourth-order valence-corrected chi connectivity index (χ4v) is 1.01. The van der Waals surface area contributed by atoms with Gasteiger partial charge in [-0.1, -0.05) is 0 Å². The number of nitriles is 4. The summed E-state index contributed by atoms with van der Waals surface area (Å²) in [6, 6.07) is 0. The SMILES string of the molecule is N#[C][Sn]([C]#N)([C]#N)[C]#N.[C-]#N.[K+]. The van der Waals surface area contributed by atoms with E-state index in [0.717, 1.165) is 0 Å². The summed E-state index contributed by atoms with van der Waals surface area (Å²) in [5, 5.41) is 38.9. The molecule has 0 aliphatic rings. The molecule has 0 bridgehead atoms. The molecule has 0 aromatic carbocycles. The van der Waals surface area contributed by atoms with Crippen LogP contribution in [0, 0.1) is 49.2 Å². The van der Waals surface area contributed by atoms with Gasteiger partial charge in [0.2, 0.25) is 0 Å². The maximum atomic E-state index is 8.15. The van der Waals surface area contributed by atoms with E-state index in [1.807, 2.05) is 0 Å². The first-order chi connectivity index (χ1) is 5.24. The summed E-state index contributed by atoms with van der Waals surface area (Å²) < 4.78 is 5.96. The smallest absolute Gasteiger partial charge is 0.512 e. The monoisotopic (exact) mass is 289 g/mol. The minimum atomic E-state index is -4.16. The molecule has 0 aliphatic carbocycles. The van der Waals surface area contributed by atoms with E-state index >= 15 is 0 Å². The molecule has 0 amide bonds. The zero-order valence-electron chi connectivity index (χ0n) is 6.24. The molecule has 0 aromatic heterocycles. The van der Waals surface area contributed by atoms with Gasteiger partial charge in [-0.3, -0.25) is 0 Å². The maximum Gasteiger partial charge on any atom is 1.00 e. The Morgan fingerprint density at radius 1 is 0.750 bits per heavy atom. The third kappa shape index (κ3) is 5.52. The Hall–Kier alpha value is -0.115. The van der Waals surface area contributed by atoms with E-state index in [2.05, 4.69) is 0 Å². The van der Waals surface area contributed by atoms with Crippen LogP contribution in [0.1, 0.15) is 0 Å². The van der Waals surface area contributed by atoms with Crippen LogP contribution in [0.2, 0.25) is 0 Å². The second kappa shape index (κ2) is 10.9. The van der Waals surface area contributed by atoms with Gasteiger partial charge in [-0.25, -0.2) is 0 Å². The van der Waals surface area contributed by atoms with Gasteiger partial charge in [0.05, 0.1) is 0 Å². The second-order valence-corrected chi connectivity index (χ2v) is 8.03. The molecule has 50 valence electrons. The first-order valence-corrected chi connectivity index (χ1v) is 7.83. The molecule has 0 atom stereocenters. The predicted octanol–water partition coefficient (Wildman–Crippen LogP) is -3.21. The molecule has 0 aliphatic heterocycles. The van der Waals surface area contributed by atoms with Crippen molar-refractivity contribution in [2.75, 3.05) is 0 Å². The van der Waals surface area contributed by atoms with Crippen molar-refractivity contribution in [3.8, 4) is 16.3 Å². The molecular weight excluding hydrogens is 288 g/mol. The van der Waals surface area contributed by atoms with Gasteiger partial charge < -0.3 is 11.8 Å². The van der Waals surface area contributed by atoms with Crippen molar-refractivity contribution < 1.29 is 51.4 Å². The van der Waals surface area contributed by atoms with E-state index in [1.54, 1.807) is 0 Å². The Morgan fingerprint density at radius 3 is 0.917 bits per heavy atom. The van der Waals surface area contributed by atoms with Crippen LogP contribution >= 0.6 is 0 Å². The Labute approximate surface area is 117 Å². The molecule has 0 aromatic rings. The van der Waals surface area contributed by atoms with Gasteiger partial charge in [-0.2, -0.15) is 0 Å². The van der Waals surface area contributed by atoms with E-state index in [0.29, 0.717) is 0 Å². The molecule has 0 spiro atoms. The van der Waals surface area contributed by atoms with Crippen LogP contribution in [0.5, 0.6) is 0 Å². The van der Waals surface area contributed by atoms with Crippen LogP contribution in [0.15, 0.2) is 0 Å². The summed E-state index contributed by atoms with van der Waals surface area (Å²) in [5.74, 6) is 0. The third-order valence-electron chi connectivity index (χ3n) is 0.671. The van der Waals surface area contributed by atoms with Crippen LogP contribution in [0.3, 0.4) is 0 Å². The largest absolute Gasteiger partial charge is 1.00 e. The van der Waals surface area contributed by atoms with Gasteiger partial charge in [-0.05, 0) is 0 Å². The van der Waals surface area contributed by atoms with Gasteiger partial charge >= 0.3 is 107 Å². The number of rotatable bonds is 0. The van der Waals surface area contributed by atoms with E-state index in [4.69, 9.17) is 32.9 Å². The molecule has 0 unspecified atom stereocenters. The van der Waals surface area contributed by atoms with Crippen molar-refractivity contribution in [3.05, 3.63) is 6.57 Å². The number of hydrogen-bond acceptors (Lipinski definition) is 5. The molecule has 0 rings (SSSR count). The zero-order chi connectivity index (χ0) is 9.33. The standard InChI is InChI=1S/5CN.K.Sn/c5*1-2;;/q;;;;-1;+1;. The van der Waals surface area contributed by atoms with E-state index < -0.39 is 18.4 Å². The summed E-state index contributed by atoms with van der Waals surface area (Å²) in [6.07, 6.45) is 0. The van der Waals surface area contributed by atoms with Crippen molar-refractivity contribution in [2.45, 2.75) is 0 Å². The Kier molecular flexibility index (Phi) is 16.2. The van der Waals surface area contributed by atoms with Gasteiger partial charge in [-0.15, -0.1) is 0 Å². The van der Waals surface area contributed by atoms with Crippen molar-refractivity contribution in [3.63, 3.8) is 0 Å². The molecule has 0 radical (unpaired) electrons. The average Bonchev–Trinajstić information content (AvgIpc) is 2.13. The normalized spacial score (nSPS) is 5.83. The Morgan fingerprint density at radius 2 is 0.917 bits per heavy atom. The Bertz CT molecular complexity index is 246. The van der Waals surface area contributed by atoms with Crippen LogP contribution in [0.4, 0.5) is 0 Å². The molecule has 0 heterocycles. The quantitative estimate of drug-likeness (QED) is 0.343. The summed E-state index contributed by atoms with van der Waals surface area (Å²) in [7, 11) is 0. The van der Waals surface area contributed by atoms with Crippen molar-refractivity contribution in [1.82, 2.24) is 0 Å². The summed E-state index contributed by atoms with van der Waals surface area (Å²) in [5.41, 5.74) is 0.